The number of hydrogen-bond acceptors (Lipinski definition) is 3. The summed E-state index contributed by atoms with van der Waals surface area (Å²) in [6.07, 6.45) is 4.96. The van der Waals surface area contributed by atoms with Gasteiger partial charge in [0.1, 0.15) is 11.5 Å². The molecule has 1 rings (SSSR count). The van der Waals surface area contributed by atoms with E-state index in [0.29, 0.717) is 6.54 Å². The summed E-state index contributed by atoms with van der Waals surface area (Å²) in [6, 6.07) is 3.74. The number of aryl methyl sites for hydroxylation is 1. The quantitative estimate of drug-likeness (QED) is 0.504. The predicted molar refractivity (Wildman–Crippen MR) is 45.5 cm³/mol. The minimum atomic E-state index is 0.350. The molecule has 0 bridgehead atoms. The Kier molecular flexibility index (Phi) is 3.05. The van der Waals surface area contributed by atoms with E-state index in [-0.39, 0.29) is 0 Å². The van der Waals surface area contributed by atoms with Crippen LogP contribution < -0.4 is 0 Å². The first-order valence-corrected chi connectivity index (χ1v) is 3.59. The summed E-state index contributed by atoms with van der Waals surface area (Å²) in [5.74, 6) is 1.64. The van der Waals surface area contributed by atoms with Crippen molar-refractivity contribution in [1.29, 1.82) is 0 Å². The number of carbonyl (C=O) groups excluding carboxylic acids is 1. The molecule has 0 amide bonds. The fraction of sp³-hybridized carbons (Fsp3) is 0.222. The second-order valence-electron chi connectivity index (χ2n) is 2.28. The normalized spacial score (nSPS) is 10.1. The summed E-state index contributed by atoms with van der Waals surface area (Å²) >= 11 is 0. The van der Waals surface area contributed by atoms with Crippen molar-refractivity contribution in [2.24, 2.45) is 4.99 Å². The molecular formula is C9H9NO2. The molecule has 0 radical (unpaired) electrons. The molecule has 0 saturated carbocycles. The third kappa shape index (κ3) is 2.56. The van der Waals surface area contributed by atoms with Gasteiger partial charge in [-0.1, -0.05) is 6.08 Å². The summed E-state index contributed by atoms with van der Waals surface area (Å²) in [5.41, 5.74) is 0. The Bertz CT molecular complexity index is 319. The highest BCUT2D eigenvalue weighted by Gasteiger charge is 1.90. The van der Waals surface area contributed by atoms with Crippen LogP contribution in [0.2, 0.25) is 0 Å². The maximum Gasteiger partial charge on any atom is 0.235 e. The highest BCUT2D eigenvalue weighted by Crippen LogP contribution is 2.07. The molecule has 1 aromatic rings. The zero-order chi connectivity index (χ0) is 8.81. The zero-order valence-corrected chi connectivity index (χ0v) is 6.78. The second kappa shape index (κ2) is 4.31. The van der Waals surface area contributed by atoms with Crippen LogP contribution in [0.3, 0.4) is 0 Å². The monoisotopic (exact) mass is 163 g/mol. The lowest BCUT2D eigenvalue weighted by Gasteiger charge is -1.82. The standard InChI is InChI=1S/C9H9NO2/c1-8-4-5-9(12-8)3-2-6-10-7-11/h2-5H,6H2,1H3/b3-2-. The molecule has 3 heteroatoms. The lowest BCUT2D eigenvalue weighted by atomic mass is 10.4. The highest BCUT2D eigenvalue weighted by molar-refractivity contribution is 5.43. The molecule has 62 valence electrons. The number of furan rings is 1. The fourth-order valence-electron chi connectivity index (χ4n) is 0.802. The van der Waals surface area contributed by atoms with Gasteiger partial charge in [0.15, 0.2) is 0 Å². The number of rotatable bonds is 3. The van der Waals surface area contributed by atoms with Crippen molar-refractivity contribution in [2.75, 3.05) is 6.54 Å². The first-order chi connectivity index (χ1) is 5.83. The van der Waals surface area contributed by atoms with Crippen molar-refractivity contribution in [3.63, 3.8) is 0 Å². The molecule has 0 atom stereocenters. The topological polar surface area (TPSA) is 42.6 Å². The first-order valence-electron chi connectivity index (χ1n) is 3.59. The molecule has 0 saturated heterocycles. The summed E-state index contributed by atoms with van der Waals surface area (Å²) in [6.45, 7) is 2.23. The van der Waals surface area contributed by atoms with E-state index >= 15 is 0 Å². The van der Waals surface area contributed by atoms with Gasteiger partial charge in [-0.2, -0.15) is 0 Å². The van der Waals surface area contributed by atoms with E-state index in [9.17, 15) is 4.79 Å². The maximum atomic E-state index is 9.67. The summed E-state index contributed by atoms with van der Waals surface area (Å²) in [7, 11) is 0. The van der Waals surface area contributed by atoms with Gasteiger partial charge < -0.3 is 4.42 Å². The van der Waals surface area contributed by atoms with Crippen LogP contribution in [0.15, 0.2) is 27.6 Å². The van der Waals surface area contributed by atoms with Gasteiger partial charge in [-0.3, -0.25) is 0 Å². The molecule has 0 unspecified atom stereocenters. The molecule has 0 fully saturated rings. The summed E-state index contributed by atoms with van der Waals surface area (Å²) < 4.78 is 5.24. The third-order valence-electron chi connectivity index (χ3n) is 1.30. The van der Waals surface area contributed by atoms with Crippen molar-refractivity contribution in [3.05, 3.63) is 29.7 Å². The van der Waals surface area contributed by atoms with Crippen molar-refractivity contribution in [2.45, 2.75) is 6.92 Å². The molecular weight excluding hydrogens is 154 g/mol. The van der Waals surface area contributed by atoms with Gasteiger partial charge in [0.2, 0.25) is 6.08 Å². The third-order valence-corrected chi connectivity index (χ3v) is 1.30. The molecule has 0 spiro atoms. The van der Waals surface area contributed by atoms with E-state index in [1.165, 1.54) is 6.08 Å². The smallest absolute Gasteiger partial charge is 0.235 e. The lowest BCUT2D eigenvalue weighted by molar-refractivity contribution is 0.525. The molecule has 3 nitrogen and oxygen atoms in total. The molecule has 1 heterocycles. The predicted octanol–water partition coefficient (Wildman–Crippen LogP) is 1.94. The van der Waals surface area contributed by atoms with Gasteiger partial charge in [-0.25, -0.2) is 9.79 Å². The minimum absolute atomic E-state index is 0.350. The van der Waals surface area contributed by atoms with Crippen molar-refractivity contribution in [1.82, 2.24) is 0 Å². The molecule has 0 N–H and O–H groups in total. The van der Waals surface area contributed by atoms with Gasteiger partial charge >= 0.3 is 0 Å². The Morgan fingerprint density at radius 3 is 3.08 bits per heavy atom. The number of aliphatic imine (C=N–C) groups is 1. The Labute approximate surface area is 70.4 Å². The van der Waals surface area contributed by atoms with Crippen LogP contribution in [0.25, 0.3) is 6.08 Å². The van der Waals surface area contributed by atoms with Crippen LogP contribution >= 0.6 is 0 Å². The SMILES string of the molecule is Cc1ccc(/C=C\CN=C=O)o1. The van der Waals surface area contributed by atoms with Crippen LogP contribution in [0.4, 0.5) is 0 Å². The molecule has 1 aromatic heterocycles. The van der Waals surface area contributed by atoms with Gasteiger partial charge in [0.05, 0.1) is 6.54 Å². The van der Waals surface area contributed by atoms with E-state index < -0.39 is 0 Å². The van der Waals surface area contributed by atoms with E-state index in [1.54, 1.807) is 12.2 Å². The molecule has 0 aliphatic carbocycles. The minimum Gasteiger partial charge on any atom is -0.462 e. The van der Waals surface area contributed by atoms with E-state index in [0.717, 1.165) is 11.5 Å². The van der Waals surface area contributed by atoms with Crippen LogP contribution in [0.1, 0.15) is 11.5 Å². The van der Waals surface area contributed by atoms with Crippen molar-refractivity contribution < 1.29 is 9.21 Å². The van der Waals surface area contributed by atoms with Gasteiger partial charge in [0, 0.05) is 0 Å². The van der Waals surface area contributed by atoms with E-state index in [4.69, 9.17) is 4.42 Å². The molecule has 0 aliphatic heterocycles. The van der Waals surface area contributed by atoms with Crippen molar-refractivity contribution >= 4 is 12.2 Å². The largest absolute Gasteiger partial charge is 0.462 e. The number of isocyanates is 1. The number of hydrogen-bond donors (Lipinski definition) is 0. The van der Waals surface area contributed by atoms with Gasteiger partial charge in [-0.15, -0.1) is 0 Å². The fourth-order valence-corrected chi connectivity index (χ4v) is 0.802. The van der Waals surface area contributed by atoms with E-state index in [1.807, 2.05) is 19.1 Å². The first kappa shape index (κ1) is 8.50. The molecule has 0 aromatic carbocycles. The maximum absolute atomic E-state index is 9.67. The van der Waals surface area contributed by atoms with Crippen LogP contribution in [0.5, 0.6) is 0 Å². The Morgan fingerprint density at radius 1 is 1.67 bits per heavy atom. The van der Waals surface area contributed by atoms with E-state index in [2.05, 4.69) is 4.99 Å². The Hall–Kier alpha value is -1.60. The average Bonchev–Trinajstić information content (AvgIpc) is 2.45. The zero-order valence-electron chi connectivity index (χ0n) is 6.78. The van der Waals surface area contributed by atoms with Gasteiger partial charge in [0.25, 0.3) is 0 Å². The van der Waals surface area contributed by atoms with Gasteiger partial charge in [-0.05, 0) is 25.1 Å². The average molecular weight is 163 g/mol. The summed E-state index contributed by atoms with van der Waals surface area (Å²) in [4.78, 5) is 13.0. The number of nitrogens with zero attached hydrogens (tertiary/aromatic N) is 1. The second-order valence-corrected chi connectivity index (χ2v) is 2.28. The van der Waals surface area contributed by atoms with Crippen LogP contribution in [-0.4, -0.2) is 12.6 Å². The molecule has 12 heavy (non-hydrogen) atoms. The Balaban J connectivity index is 2.51. The highest BCUT2D eigenvalue weighted by atomic mass is 16.3. The molecule has 0 aliphatic rings. The van der Waals surface area contributed by atoms with Crippen molar-refractivity contribution in [3.8, 4) is 0 Å². The van der Waals surface area contributed by atoms with Crippen LogP contribution in [0, 0.1) is 6.92 Å². The van der Waals surface area contributed by atoms with Crippen LogP contribution in [-0.2, 0) is 4.79 Å². The summed E-state index contributed by atoms with van der Waals surface area (Å²) in [5, 5.41) is 0. The lowest BCUT2D eigenvalue weighted by Crippen LogP contribution is -1.69. The Morgan fingerprint density at radius 2 is 2.50 bits per heavy atom.